The third kappa shape index (κ3) is 4.84. The molecule has 8 heteroatoms. The van der Waals surface area contributed by atoms with Crippen LogP contribution in [0.5, 0.6) is 0 Å². The Bertz CT molecular complexity index is 667. The predicted molar refractivity (Wildman–Crippen MR) is 95.4 cm³/mol. The van der Waals surface area contributed by atoms with Crippen LogP contribution in [0, 0.1) is 5.41 Å². The number of hydrogen-bond donors (Lipinski definition) is 1. The van der Waals surface area contributed by atoms with Gasteiger partial charge < -0.3 is 15.0 Å². The number of nitrogens with one attached hydrogen (secondary N) is 1. The molecule has 5 nitrogen and oxygen atoms in total. The fourth-order valence-corrected chi connectivity index (χ4v) is 3.77. The molecule has 2 heterocycles. The summed E-state index contributed by atoms with van der Waals surface area (Å²) in [5, 5.41) is 3.23. The molecule has 2 fully saturated rings. The Morgan fingerprint density at radius 1 is 1.22 bits per heavy atom. The van der Waals surface area contributed by atoms with Gasteiger partial charge in [-0.2, -0.15) is 13.2 Å². The number of pyridine rings is 1. The van der Waals surface area contributed by atoms with E-state index >= 15 is 0 Å². The highest BCUT2D eigenvalue weighted by atomic mass is 19.4. The van der Waals surface area contributed by atoms with Crippen molar-refractivity contribution in [3.63, 3.8) is 0 Å². The number of anilines is 1. The number of alkyl halides is 3. The summed E-state index contributed by atoms with van der Waals surface area (Å²) in [7, 11) is 0. The summed E-state index contributed by atoms with van der Waals surface area (Å²) in [5.41, 5.74) is -1.08. The molecular formula is C19H26F3N3O2. The van der Waals surface area contributed by atoms with Gasteiger partial charge in [-0.15, -0.1) is 0 Å². The number of hydrogen-bond acceptors (Lipinski definition) is 4. The SMILES string of the molecule is CC(C)(C)OC(=O)N1CC2(CCC(Nc3ccc(C(F)(F)F)cn3)CC2)C1. The first-order valence-corrected chi connectivity index (χ1v) is 9.24. The number of likely N-dealkylation sites (tertiary alicyclic amines) is 1. The maximum atomic E-state index is 12.6. The highest BCUT2D eigenvalue weighted by Gasteiger charge is 2.48. The van der Waals surface area contributed by atoms with Crippen LogP contribution >= 0.6 is 0 Å². The number of halogens is 3. The number of amides is 1. The lowest BCUT2D eigenvalue weighted by molar-refractivity contribution is -0.137. The molecule has 1 aliphatic heterocycles. The molecule has 0 atom stereocenters. The van der Waals surface area contributed by atoms with Crippen molar-refractivity contribution in [1.82, 2.24) is 9.88 Å². The van der Waals surface area contributed by atoms with Crippen LogP contribution in [-0.4, -0.2) is 40.7 Å². The number of carbonyl (C=O) groups excluding carboxylic acids is 1. The Morgan fingerprint density at radius 2 is 1.85 bits per heavy atom. The first kappa shape index (κ1) is 19.8. The van der Waals surface area contributed by atoms with Gasteiger partial charge in [0.25, 0.3) is 0 Å². The Balaban J connectivity index is 1.46. The maximum absolute atomic E-state index is 12.6. The van der Waals surface area contributed by atoms with Crippen LogP contribution in [0.2, 0.25) is 0 Å². The van der Waals surface area contributed by atoms with Crippen LogP contribution < -0.4 is 5.32 Å². The van der Waals surface area contributed by atoms with Crippen LogP contribution in [0.4, 0.5) is 23.8 Å². The monoisotopic (exact) mass is 385 g/mol. The quantitative estimate of drug-likeness (QED) is 0.802. The molecule has 1 saturated heterocycles. The lowest BCUT2D eigenvalue weighted by atomic mass is 9.67. The fraction of sp³-hybridized carbons (Fsp3) is 0.684. The number of carbonyl (C=O) groups is 1. The van der Waals surface area contributed by atoms with Gasteiger partial charge in [0.1, 0.15) is 11.4 Å². The van der Waals surface area contributed by atoms with Gasteiger partial charge in [0, 0.05) is 30.7 Å². The average Bonchev–Trinajstić information content (AvgIpc) is 2.51. The first-order valence-electron chi connectivity index (χ1n) is 9.24. The summed E-state index contributed by atoms with van der Waals surface area (Å²) < 4.78 is 43.2. The van der Waals surface area contributed by atoms with Crippen LogP contribution in [0.25, 0.3) is 0 Å². The molecule has 1 aliphatic carbocycles. The third-order valence-electron chi connectivity index (χ3n) is 5.19. The van der Waals surface area contributed by atoms with E-state index in [1.165, 1.54) is 6.07 Å². The van der Waals surface area contributed by atoms with Crippen molar-refractivity contribution in [2.75, 3.05) is 18.4 Å². The zero-order chi connectivity index (χ0) is 19.9. The van der Waals surface area contributed by atoms with Crippen LogP contribution in [-0.2, 0) is 10.9 Å². The van der Waals surface area contributed by atoms with Gasteiger partial charge in [-0.25, -0.2) is 9.78 Å². The van der Waals surface area contributed by atoms with Crippen molar-refractivity contribution in [2.24, 2.45) is 5.41 Å². The fourth-order valence-electron chi connectivity index (χ4n) is 3.77. The molecule has 1 spiro atoms. The van der Waals surface area contributed by atoms with Gasteiger partial charge in [0.2, 0.25) is 0 Å². The summed E-state index contributed by atoms with van der Waals surface area (Å²) in [6.07, 6.45) is -0.00261. The van der Waals surface area contributed by atoms with E-state index in [9.17, 15) is 18.0 Å². The van der Waals surface area contributed by atoms with E-state index in [0.717, 1.165) is 37.9 Å². The highest BCUT2D eigenvalue weighted by molar-refractivity contribution is 5.69. The van der Waals surface area contributed by atoms with Crippen molar-refractivity contribution in [1.29, 1.82) is 0 Å². The first-order chi connectivity index (χ1) is 12.5. The smallest absolute Gasteiger partial charge is 0.417 e. The minimum atomic E-state index is -4.37. The summed E-state index contributed by atoms with van der Waals surface area (Å²) in [4.78, 5) is 17.7. The maximum Gasteiger partial charge on any atom is 0.417 e. The highest BCUT2D eigenvalue weighted by Crippen LogP contribution is 2.44. The van der Waals surface area contributed by atoms with Crippen molar-refractivity contribution >= 4 is 11.9 Å². The largest absolute Gasteiger partial charge is 0.444 e. The molecule has 2 aliphatic rings. The van der Waals surface area contributed by atoms with E-state index in [4.69, 9.17) is 4.74 Å². The number of rotatable bonds is 2. The lowest BCUT2D eigenvalue weighted by Gasteiger charge is -2.53. The van der Waals surface area contributed by atoms with Crippen molar-refractivity contribution < 1.29 is 22.7 Å². The van der Waals surface area contributed by atoms with Crippen molar-refractivity contribution in [2.45, 2.75) is 64.3 Å². The zero-order valence-electron chi connectivity index (χ0n) is 15.9. The molecule has 1 N–H and O–H groups in total. The number of ether oxygens (including phenoxy) is 1. The Morgan fingerprint density at radius 3 is 2.33 bits per heavy atom. The zero-order valence-corrected chi connectivity index (χ0v) is 15.9. The second kappa shape index (κ2) is 6.87. The summed E-state index contributed by atoms with van der Waals surface area (Å²) >= 11 is 0. The van der Waals surface area contributed by atoms with E-state index in [1.54, 1.807) is 4.90 Å². The average molecular weight is 385 g/mol. The van der Waals surface area contributed by atoms with Crippen LogP contribution in [0.3, 0.4) is 0 Å². The number of aromatic nitrogens is 1. The Labute approximate surface area is 157 Å². The molecular weight excluding hydrogens is 359 g/mol. The third-order valence-corrected chi connectivity index (χ3v) is 5.19. The molecule has 0 bridgehead atoms. The molecule has 1 amide bonds. The van der Waals surface area contributed by atoms with E-state index in [0.29, 0.717) is 18.9 Å². The Hall–Kier alpha value is -1.99. The summed E-state index contributed by atoms with van der Waals surface area (Å²) in [5.74, 6) is 0.466. The molecule has 0 unspecified atom stereocenters. The Kier molecular flexibility index (Phi) is 5.03. The molecule has 1 aromatic rings. The second-order valence-corrected chi connectivity index (χ2v) is 8.68. The molecule has 150 valence electrons. The number of nitrogens with zero attached hydrogens (tertiary/aromatic N) is 2. The molecule has 0 aromatic carbocycles. The standard InChI is InChI=1S/C19H26F3N3O2/c1-17(2,3)27-16(26)25-11-18(12-25)8-6-14(7-9-18)24-15-5-4-13(10-23-15)19(20,21)22/h4-5,10,14H,6-9,11-12H2,1-3H3,(H,23,24). The molecule has 3 rings (SSSR count). The summed E-state index contributed by atoms with van der Waals surface area (Å²) in [6, 6.07) is 2.61. The van der Waals surface area contributed by atoms with Gasteiger partial charge in [0.15, 0.2) is 0 Å². The predicted octanol–water partition coefficient (Wildman–Crippen LogP) is 4.69. The van der Waals surface area contributed by atoms with Crippen molar-refractivity contribution in [3.8, 4) is 0 Å². The molecule has 1 aromatic heterocycles. The van der Waals surface area contributed by atoms with E-state index in [2.05, 4.69) is 10.3 Å². The minimum Gasteiger partial charge on any atom is -0.444 e. The van der Waals surface area contributed by atoms with E-state index < -0.39 is 17.3 Å². The molecule has 0 radical (unpaired) electrons. The molecule has 27 heavy (non-hydrogen) atoms. The van der Waals surface area contributed by atoms with Crippen LogP contribution in [0.1, 0.15) is 52.0 Å². The van der Waals surface area contributed by atoms with Gasteiger partial charge in [0.05, 0.1) is 5.56 Å². The van der Waals surface area contributed by atoms with Gasteiger partial charge in [-0.05, 0) is 58.6 Å². The van der Waals surface area contributed by atoms with Crippen molar-refractivity contribution in [3.05, 3.63) is 23.9 Å². The van der Waals surface area contributed by atoms with E-state index in [-0.39, 0.29) is 17.6 Å². The van der Waals surface area contributed by atoms with Gasteiger partial charge >= 0.3 is 12.3 Å². The lowest BCUT2D eigenvalue weighted by Crippen LogP contribution is -2.60. The normalized spacial score (nSPS) is 20.3. The topological polar surface area (TPSA) is 54.5 Å². The van der Waals surface area contributed by atoms with Crippen LogP contribution in [0.15, 0.2) is 18.3 Å². The molecule has 1 saturated carbocycles. The van der Waals surface area contributed by atoms with Gasteiger partial charge in [-0.3, -0.25) is 0 Å². The van der Waals surface area contributed by atoms with E-state index in [1.807, 2.05) is 20.8 Å². The second-order valence-electron chi connectivity index (χ2n) is 8.68. The summed E-state index contributed by atoms with van der Waals surface area (Å²) in [6.45, 7) is 6.99. The minimum absolute atomic E-state index is 0.155. The van der Waals surface area contributed by atoms with Gasteiger partial charge in [-0.1, -0.05) is 0 Å².